The Morgan fingerprint density at radius 3 is 2.67 bits per heavy atom. The summed E-state index contributed by atoms with van der Waals surface area (Å²) in [4.78, 5) is 11.7. The fourth-order valence-electron chi connectivity index (χ4n) is 1.96. The molecule has 6 nitrogen and oxygen atoms in total. The fraction of sp³-hybridized carbons (Fsp3) is 0.222. The molecule has 0 heterocycles. The summed E-state index contributed by atoms with van der Waals surface area (Å²) < 4.78 is 5.28. The van der Waals surface area contributed by atoms with Crippen molar-refractivity contribution in [3.63, 3.8) is 0 Å². The Hall–Kier alpha value is -3.02. The van der Waals surface area contributed by atoms with Gasteiger partial charge in [-0.1, -0.05) is 17.7 Å². The first-order valence-electron chi connectivity index (χ1n) is 7.66. The Balaban J connectivity index is 1.82. The minimum absolute atomic E-state index is 0.0386. The molecule has 0 spiro atoms. The van der Waals surface area contributed by atoms with Crippen LogP contribution < -0.4 is 15.5 Å². The second-order valence-electron chi connectivity index (χ2n) is 5.17. The van der Waals surface area contributed by atoms with E-state index in [-0.39, 0.29) is 18.2 Å². The Morgan fingerprint density at radius 1 is 1.25 bits per heavy atom. The van der Waals surface area contributed by atoms with Crippen molar-refractivity contribution in [3.8, 4) is 11.5 Å². The van der Waals surface area contributed by atoms with Crippen LogP contribution in [0.1, 0.15) is 18.1 Å². The van der Waals surface area contributed by atoms with Crippen LogP contribution >= 0.6 is 0 Å². The lowest BCUT2D eigenvalue weighted by molar-refractivity contribution is -0.119. The molecule has 3 N–H and O–H groups in total. The van der Waals surface area contributed by atoms with Crippen molar-refractivity contribution in [2.45, 2.75) is 13.8 Å². The summed E-state index contributed by atoms with van der Waals surface area (Å²) in [6, 6.07) is 12.6. The lowest BCUT2D eigenvalue weighted by Crippen LogP contribution is -2.25. The van der Waals surface area contributed by atoms with Gasteiger partial charge in [-0.2, -0.15) is 5.10 Å². The van der Waals surface area contributed by atoms with Crippen molar-refractivity contribution in [2.75, 3.05) is 18.5 Å². The molecule has 0 fully saturated rings. The lowest BCUT2D eigenvalue weighted by atomic mass is 10.2. The molecule has 6 heteroatoms. The first-order chi connectivity index (χ1) is 11.6. The maximum absolute atomic E-state index is 11.7. The first kappa shape index (κ1) is 17.3. The molecule has 0 unspecified atom stereocenters. The van der Waals surface area contributed by atoms with Crippen molar-refractivity contribution in [2.24, 2.45) is 5.10 Å². The van der Waals surface area contributed by atoms with E-state index < -0.39 is 0 Å². The molecule has 2 aromatic carbocycles. The highest BCUT2D eigenvalue weighted by Crippen LogP contribution is 2.22. The van der Waals surface area contributed by atoms with E-state index in [0.717, 1.165) is 11.3 Å². The number of carbonyl (C=O) groups is 1. The van der Waals surface area contributed by atoms with Crippen LogP contribution in [0, 0.1) is 6.92 Å². The number of ether oxygens (including phenoxy) is 1. The molecule has 0 atom stereocenters. The zero-order valence-corrected chi connectivity index (χ0v) is 13.7. The molecule has 0 radical (unpaired) electrons. The van der Waals surface area contributed by atoms with Crippen LogP contribution in [0.4, 0.5) is 5.69 Å². The fourth-order valence-corrected chi connectivity index (χ4v) is 1.96. The van der Waals surface area contributed by atoms with E-state index in [0.29, 0.717) is 17.9 Å². The van der Waals surface area contributed by atoms with Crippen LogP contribution in [0.5, 0.6) is 11.5 Å². The Labute approximate surface area is 141 Å². The van der Waals surface area contributed by atoms with E-state index >= 15 is 0 Å². The molecule has 24 heavy (non-hydrogen) atoms. The normalized spacial score (nSPS) is 10.6. The highest BCUT2D eigenvalue weighted by atomic mass is 16.5. The number of nitrogens with zero attached hydrogens (tertiary/aromatic N) is 1. The zero-order chi connectivity index (χ0) is 17.4. The highest BCUT2D eigenvalue weighted by Gasteiger charge is 2.02. The van der Waals surface area contributed by atoms with Crippen molar-refractivity contribution in [3.05, 3.63) is 53.6 Å². The Kier molecular flexibility index (Phi) is 6.19. The number of rotatable bonds is 7. The van der Waals surface area contributed by atoms with Gasteiger partial charge in [0.05, 0.1) is 19.4 Å². The molecule has 1 amide bonds. The number of aryl methyl sites for hydroxylation is 1. The Bertz CT molecular complexity index is 712. The number of hydrogen-bond acceptors (Lipinski definition) is 5. The quantitative estimate of drug-likeness (QED) is 0.539. The van der Waals surface area contributed by atoms with Gasteiger partial charge in [0.1, 0.15) is 11.5 Å². The maximum Gasteiger partial charge on any atom is 0.259 e. The van der Waals surface area contributed by atoms with Crippen LogP contribution in [0.3, 0.4) is 0 Å². The minimum Gasteiger partial charge on any atom is -0.507 e. The summed E-state index contributed by atoms with van der Waals surface area (Å²) in [6.45, 7) is 4.50. The minimum atomic E-state index is -0.280. The summed E-state index contributed by atoms with van der Waals surface area (Å²) in [5.41, 5.74) is 4.92. The molecule has 0 saturated carbocycles. The van der Waals surface area contributed by atoms with E-state index in [1.165, 1.54) is 12.3 Å². The number of anilines is 1. The van der Waals surface area contributed by atoms with Gasteiger partial charge in [0, 0.05) is 17.3 Å². The van der Waals surface area contributed by atoms with Gasteiger partial charge < -0.3 is 15.2 Å². The third kappa shape index (κ3) is 5.31. The average Bonchev–Trinajstić information content (AvgIpc) is 2.56. The summed E-state index contributed by atoms with van der Waals surface area (Å²) in [6.07, 6.45) is 1.38. The second kappa shape index (κ2) is 8.57. The van der Waals surface area contributed by atoms with Gasteiger partial charge >= 0.3 is 0 Å². The van der Waals surface area contributed by atoms with Crippen LogP contribution in [-0.4, -0.2) is 30.4 Å². The standard InChI is InChI=1S/C18H21N3O3/c1-3-24-16-9-6-14(17(22)10-16)11-20-21-18(23)12-19-15-7-4-13(2)5-8-15/h4-11,19,22H,3,12H2,1-2H3,(H,21,23). The zero-order valence-electron chi connectivity index (χ0n) is 13.7. The van der Waals surface area contributed by atoms with E-state index in [9.17, 15) is 9.90 Å². The molecule has 2 rings (SSSR count). The van der Waals surface area contributed by atoms with Gasteiger partial charge in [-0.25, -0.2) is 5.43 Å². The van der Waals surface area contributed by atoms with E-state index in [1.807, 2.05) is 38.1 Å². The van der Waals surface area contributed by atoms with E-state index in [2.05, 4.69) is 15.8 Å². The van der Waals surface area contributed by atoms with Crippen molar-refractivity contribution in [1.82, 2.24) is 5.43 Å². The average molecular weight is 327 g/mol. The number of hydrogen-bond donors (Lipinski definition) is 3. The van der Waals surface area contributed by atoms with Gasteiger partial charge in [-0.3, -0.25) is 4.79 Å². The van der Waals surface area contributed by atoms with Crippen molar-refractivity contribution >= 4 is 17.8 Å². The number of carbonyl (C=O) groups excluding carboxylic acids is 1. The Morgan fingerprint density at radius 2 is 2.00 bits per heavy atom. The largest absolute Gasteiger partial charge is 0.507 e. The van der Waals surface area contributed by atoms with Gasteiger partial charge in [0.2, 0.25) is 0 Å². The van der Waals surface area contributed by atoms with Gasteiger partial charge in [-0.15, -0.1) is 0 Å². The van der Waals surface area contributed by atoms with Crippen LogP contribution in [0.25, 0.3) is 0 Å². The number of phenols is 1. The number of benzene rings is 2. The molecule has 0 saturated heterocycles. The molecular weight excluding hydrogens is 306 g/mol. The summed E-state index contributed by atoms with van der Waals surface area (Å²) in [7, 11) is 0. The number of amides is 1. The number of nitrogens with one attached hydrogen (secondary N) is 2. The summed E-state index contributed by atoms with van der Waals surface area (Å²) >= 11 is 0. The second-order valence-corrected chi connectivity index (χ2v) is 5.17. The summed E-state index contributed by atoms with van der Waals surface area (Å²) in [5, 5.41) is 16.7. The molecule has 0 bridgehead atoms. The van der Waals surface area contributed by atoms with Crippen LogP contribution in [0.15, 0.2) is 47.6 Å². The predicted octanol–water partition coefficient (Wildman–Crippen LogP) is 2.66. The monoisotopic (exact) mass is 327 g/mol. The van der Waals surface area contributed by atoms with Crippen LogP contribution in [0.2, 0.25) is 0 Å². The molecule has 0 aliphatic rings. The third-order valence-electron chi connectivity index (χ3n) is 3.21. The third-order valence-corrected chi connectivity index (χ3v) is 3.21. The predicted molar refractivity (Wildman–Crippen MR) is 94.7 cm³/mol. The molecule has 126 valence electrons. The lowest BCUT2D eigenvalue weighted by Gasteiger charge is -2.06. The first-order valence-corrected chi connectivity index (χ1v) is 7.66. The maximum atomic E-state index is 11.7. The molecular formula is C18H21N3O3. The number of phenolic OH excluding ortho intramolecular Hbond substituents is 1. The smallest absolute Gasteiger partial charge is 0.259 e. The SMILES string of the molecule is CCOc1ccc(C=NNC(=O)CNc2ccc(C)cc2)c(O)c1. The van der Waals surface area contributed by atoms with Gasteiger partial charge in [0.15, 0.2) is 0 Å². The topological polar surface area (TPSA) is 83.0 Å². The molecule has 0 aliphatic carbocycles. The van der Waals surface area contributed by atoms with Crippen LogP contribution in [-0.2, 0) is 4.79 Å². The number of hydrazone groups is 1. The van der Waals surface area contributed by atoms with E-state index in [4.69, 9.17) is 4.74 Å². The highest BCUT2D eigenvalue weighted by molar-refractivity contribution is 5.86. The van der Waals surface area contributed by atoms with Gasteiger partial charge in [-0.05, 0) is 38.1 Å². The molecule has 0 aliphatic heterocycles. The summed E-state index contributed by atoms with van der Waals surface area (Å²) in [5.74, 6) is 0.340. The van der Waals surface area contributed by atoms with Crippen molar-refractivity contribution in [1.29, 1.82) is 0 Å². The number of aromatic hydroxyl groups is 1. The molecule has 0 aromatic heterocycles. The molecule has 2 aromatic rings. The van der Waals surface area contributed by atoms with Gasteiger partial charge in [0.25, 0.3) is 5.91 Å². The van der Waals surface area contributed by atoms with Crippen molar-refractivity contribution < 1.29 is 14.6 Å². The van der Waals surface area contributed by atoms with E-state index in [1.54, 1.807) is 12.1 Å².